The Bertz CT molecular complexity index is 848. The lowest BCUT2D eigenvalue weighted by Gasteiger charge is -2.26. The van der Waals surface area contributed by atoms with Gasteiger partial charge in [0.2, 0.25) is 10.0 Å². The molecular weight excluding hydrogens is 338 g/mol. The van der Waals surface area contributed by atoms with Gasteiger partial charge in [-0.3, -0.25) is 4.79 Å². The first kappa shape index (κ1) is 17.7. The predicted octanol–water partition coefficient (Wildman–Crippen LogP) is 2.56. The van der Waals surface area contributed by atoms with Crippen molar-refractivity contribution in [1.29, 1.82) is 0 Å². The average Bonchev–Trinajstić information content (AvgIpc) is 3.12. The topological polar surface area (TPSA) is 73.5 Å². The highest BCUT2D eigenvalue weighted by atomic mass is 32.2. The second kappa shape index (κ2) is 7.01. The maximum Gasteiger partial charge on any atom is 0.270 e. The summed E-state index contributed by atoms with van der Waals surface area (Å²) in [5, 5.41) is 0. The van der Waals surface area contributed by atoms with E-state index in [0.717, 1.165) is 37.1 Å². The molecule has 2 aromatic rings. The molecule has 0 saturated carbocycles. The van der Waals surface area contributed by atoms with Crippen LogP contribution >= 0.6 is 0 Å². The van der Waals surface area contributed by atoms with Gasteiger partial charge >= 0.3 is 0 Å². The summed E-state index contributed by atoms with van der Waals surface area (Å²) >= 11 is 0. The highest BCUT2D eigenvalue weighted by Gasteiger charge is 2.20. The zero-order chi connectivity index (χ0) is 18.0. The number of piperidine rings is 1. The van der Waals surface area contributed by atoms with Crippen molar-refractivity contribution in [1.82, 2.24) is 14.2 Å². The molecular formula is C18H23N3O3S. The third-order valence-electron chi connectivity index (χ3n) is 4.52. The van der Waals surface area contributed by atoms with Gasteiger partial charge in [0.25, 0.3) is 5.91 Å². The number of hydrogen-bond donors (Lipinski definition) is 1. The molecule has 0 bridgehead atoms. The largest absolute Gasteiger partial charge is 0.357 e. The number of aromatic amines is 1. The van der Waals surface area contributed by atoms with Gasteiger partial charge in [-0.05, 0) is 48.6 Å². The average molecular weight is 361 g/mol. The molecule has 1 amide bonds. The minimum atomic E-state index is -3.43. The van der Waals surface area contributed by atoms with Crippen molar-refractivity contribution in [2.24, 2.45) is 0 Å². The van der Waals surface area contributed by atoms with Crippen LogP contribution in [-0.2, 0) is 10.0 Å². The van der Waals surface area contributed by atoms with E-state index in [1.165, 1.54) is 24.8 Å². The standard InChI is InChI=1S/C18H23N3O3S/c1-20(2)25(23,24)16-8-6-14(7-9-16)15-12-17(19-13-15)18(22)21-10-4-3-5-11-21/h6-9,12-13,19H,3-5,10-11H2,1-2H3. The Balaban J connectivity index is 1.79. The maximum atomic E-state index is 12.5. The van der Waals surface area contributed by atoms with Gasteiger partial charge in [0.1, 0.15) is 5.69 Å². The minimum absolute atomic E-state index is 0.0257. The molecule has 6 nitrogen and oxygen atoms in total. The van der Waals surface area contributed by atoms with Crippen LogP contribution in [0.4, 0.5) is 0 Å². The third kappa shape index (κ3) is 3.62. The fraction of sp³-hybridized carbons (Fsp3) is 0.389. The van der Waals surface area contributed by atoms with Gasteiger partial charge in [-0.15, -0.1) is 0 Å². The number of rotatable bonds is 4. The van der Waals surface area contributed by atoms with Crippen LogP contribution in [0.25, 0.3) is 11.1 Å². The maximum absolute atomic E-state index is 12.5. The van der Waals surface area contributed by atoms with Crippen LogP contribution in [-0.4, -0.2) is 55.7 Å². The lowest BCUT2D eigenvalue weighted by Crippen LogP contribution is -2.35. The first-order valence-corrected chi connectivity index (χ1v) is 9.84. The Morgan fingerprint density at radius 2 is 1.68 bits per heavy atom. The molecule has 25 heavy (non-hydrogen) atoms. The third-order valence-corrected chi connectivity index (χ3v) is 6.35. The Morgan fingerprint density at radius 3 is 2.28 bits per heavy atom. The lowest BCUT2D eigenvalue weighted by atomic mass is 10.1. The number of benzene rings is 1. The van der Waals surface area contributed by atoms with E-state index in [1.807, 2.05) is 11.0 Å². The van der Waals surface area contributed by atoms with Gasteiger partial charge in [0.05, 0.1) is 4.90 Å². The summed E-state index contributed by atoms with van der Waals surface area (Å²) in [5.41, 5.74) is 2.31. The molecule has 1 fully saturated rings. The second-order valence-electron chi connectivity index (χ2n) is 6.47. The van der Waals surface area contributed by atoms with E-state index in [2.05, 4.69) is 4.98 Å². The number of nitrogens with one attached hydrogen (secondary N) is 1. The zero-order valence-corrected chi connectivity index (χ0v) is 15.3. The number of hydrogen-bond acceptors (Lipinski definition) is 3. The van der Waals surface area contributed by atoms with Crippen molar-refractivity contribution in [3.63, 3.8) is 0 Å². The molecule has 7 heteroatoms. The number of sulfonamides is 1. The van der Waals surface area contributed by atoms with Crippen LogP contribution < -0.4 is 0 Å². The summed E-state index contributed by atoms with van der Waals surface area (Å²) < 4.78 is 25.4. The van der Waals surface area contributed by atoms with E-state index in [0.29, 0.717) is 5.69 Å². The molecule has 0 aliphatic carbocycles. The molecule has 1 aromatic carbocycles. The predicted molar refractivity (Wildman–Crippen MR) is 96.9 cm³/mol. The summed E-state index contributed by atoms with van der Waals surface area (Å²) in [7, 11) is -0.418. The van der Waals surface area contributed by atoms with Crippen LogP contribution in [0.3, 0.4) is 0 Å². The van der Waals surface area contributed by atoms with Crippen molar-refractivity contribution in [3.05, 3.63) is 42.2 Å². The number of carbonyl (C=O) groups is 1. The molecule has 1 aliphatic heterocycles. The highest BCUT2D eigenvalue weighted by Crippen LogP contribution is 2.24. The van der Waals surface area contributed by atoms with Gasteiger partial charge < -0.3 is 9.88 Å². The van der Waals surface area contributed by atoms with Gasteiger partial charge in [0, 0.05) is 33.4 Å². The monoisotopic (exact) mass is 361 g/mol. The second-order valence-corrected chi connectivity index (χ2v) is 8.62. The molecule has 0 unspecified atom stereocenters. The van der Waals surface area contributed by atoms with Crippen molar-refractivity contribution >= 4 is 15.9 Å². The number of aromatic nitrogens is 1. The summed E-state index contributed by atoms with van der Waals surface area (Å²) in [6.07, 6.45) is 5.08. The molecule has 1 N–H and O–H groups in total. The van der Waals surface area contributed by atoms with E-state index in [1.54, 1.807) is 30.5 Å². The quantitative estimate of drug-likeness (QED) is 0.909. The molecule has 134 valence electrons. The highest BCUT2D eigenvalue weighted by molar-refractivity contribution is 7.89. The van der Waals surface area contributed by atoms with Crippen molar-refractivity contribution in [2.45, 2.75) is 24.2 Å². The fourth-order valence-corrected chi connectivity index (χ4v) is 3.88. The molecule has 1 aromatic heterocycles. The Labute approximate surface area is 148 Å². The van der Waals surface area contributed by atoms with E-state index >= 15 is 0 Å². The fourth-order valence-electron chi connectivity index (χ4n) is 2.98. The van der Waals surface area contributed by atoms with E-state index in [4.69, 9.17) is 0 Å². The van der Waals surface area contributed by atoms with Crippen LogP contribution in [0.15, 0.2) is 41.4 Å². The van der Waals surface area contributed by atoms with E-state index < -0.39 is 10.0 Å². The SMILES string of the molecule is CN(C)S(=O)(=O)c1ccc(-c2c[nH]c(C(=O)N3CCCCC3)c2)cc1. The van der Waals surface area contributed by atoms with E-state index in [-0.39, 0.29) is 10.8 Å². The van der Waals surface area contributed by atoms with Gasteiger partial charge in [-0.1, -0.05) is 12.1 Å². The smallest absolute Gasteiger partial charge is 0.270 e. The number of H-pyrrole nitrogens is 1. The van der Waals surface area contributed by atoms with Gasteiger partial charge in [0.15, 0.2) is 0 Å². The first-order chi connectivity index (χ1) is 11.9. The molecule has 0 radical (unpaired) electrons. The molecule has 1 saturated heterocycles. The first-order valence-electron chi connectivity index (χ1n) is 8.40. The molecule has 3 rings (SSSR count). The van der Waals surface area contributed by atoms with Crippen LogP contribution in [0.5, 0.6) is 0 Å². The van der Waals surface area contributed by atoms with Crippen molar-refractivity contribution in [2.75, 3.05) is 27.2 Å². The van der Waals surface area contributed by atoms with Crippen LogP contribution in [0.2, 0.25) is 0 Å². The minimum Gasteiger partial charge on any atom is -0.357 e. The summed E-state index contributed by atoms with van der Waals surface area (Å²) in [4.78, 5) is 17.7. The van der Waals surface area contributed by atoms with Gasteiger partial charge in [-0.2, -0.15) is 0 Å². The number of likely N-dealkylation sites (tertiary alicyclic amines) is 1. The van der Waals surface area contributed by atoms with E-state index in [9.17, 15) is 13.2 Å². The Hall–Kier alpha value is -2.12. The number of carbonyl (C=O) groups excluding carboxylic acids is 1. The lowest BCUT2D eigenvalue weighted by molar-refractivity contribution is 0.0719. The van der Waals surface area contributed by atoms with Gasteiger partial charge in [-0.25, -0.2) is 12.7 Å². The molecule has 0 spiro atoms. The molecule has 2 heterocycles. The van der Waals surface area contributed by atoms with Crippen LogP contribution in [0.1, 0.15) is 29.8 Å². The van der Waals surface area contributed by atoms with Crippen molar-refractivity contribution in [3.8, 4) is 11.1 Å². The molecule has 0 atom stereocenters. The zero-order valence-electron chi connectivity index (χ0n) is 14.5. The summed E-state index contributed by atoms with van der Waals surface area (Å²) in [6.45, 7) is 1.62. The number of nitrogens with zero attached hydrogens (tertiary/aromatic N) is 2. The Kier molecular flexibility index (Phi) is 4.96. The normalized spacial score (nSPS) is 15.6. The van der Waals surface area contributed by atoms with Crippen molar-refractivity contribution < 1.29 is 13.2 Å². The number of amides is 1. The van der Waals surface area contributed by atoms with Crippen LogP contribution in [0, 0.1) is 0 Å². The summed E-state index contributed by atoms with van der Waals surface area (Å²) in [6, 6.07) is 8.52. The summed E-state index contributed by atoms with van der Waals surface area (Å²) in [5.74, 6) is 0.0257. The molecule has 1 aliphatic rings. The Morgan fingerprint density at radius 1 is 1.04 bits per heavy atom.